The van der Waals surface area contributed by atoms with Crippen molar-refractivity contribution in [2.24, 2.45) is 16.8 Å². The van der Waals surface area contributed by atoms with Crippen molar-refractivity contribution in [1.82, 2.24) is 10.6 Å². The van der Waals surface area contributed by atoms with E-state index in [1.165, 1.54) is 19.3 Å². The number of methoxy groups -OCH3 is 1. The molecule has 1 aromatic carbocycles. The molecule has 2 rings (SSSR count). The van der Waals surface area contributed by atoms with Crippen LogP contribution in [0, 0.1) is 11.8 Å². The summed E-state index contributed by atoms with van der Waals surface area (Å²) in [6.07, 6.45) is 3.70. The summed E-state index contributed by atoms with van der Waals surface area (Å²) in [4.78, 5) is 4.75. The zero-order valence-corrected chi connectivity index (χ0v) is 17.1. The standard InChI is InChI=1S/C21H35N3O3/c1-5-22-21(24-18-11-15(2)10-16(3)12-18)23-14-17-6-7-19(27-9-8-25)20(13-17)26-4/h6-7,13,15-16,18,25H,5,8-12,14H2,1-4H3,(H2,22,23,24). The number of aliphatic imine (C=N–C) groups is 1. The first-order valence-electron chi connectivity index (χ1n) is 10.0. The molecule has 1 fully saturated rings. The molecule has 0 amide bonds. The lowest BCUT2D eigenvalue weighted by atomic mass is 9.80. The Morgan fingerprint density at radius 2 is 1.93 bits per heavy atom. The smallest absolute Gasteiger partial charge is 0.191 e. The number of hydrogen-bond acceptors (Lipinski definition) is 4. The first kappa shape index (κ1) is 21.4. The highest BCUT2D eigenvalue weighted by Gasteiger charge is 2.24. The Morgan fingerprint density at radius 3 is 2.56 bits per heavy atom. The topological polar surface area (TPSA) is 75.1 Å². The second-order valence-corrected chi connectivity index (χ2v) is 7.51. The minimum absolute atomic E-state index is 0.0225. The number of rotatable bonds is 8. The molecule has 0 spiro atoms. The van der Waals surface area contributed by atoms with Crippen LogP contribution in [-0.4, -0.2) is 44.0 Å². The molecule has 0 heterocycles. The highest BCUT2D eigenvalue weighted by molar-refractivity contribution is 5.80. The van der Waals surface area contributed by atoms with E-state index in [0.29, 0.717) is 24.1 Å². The second-order valence-electron chi connectivity index (χ2n) is 7.51. The van der Waals surface area contributed by atoms with Crippen LogP contribution in [0.25, 0.3) is 0 Å². The molecule has 0 aromatic heterocycles. The zero-order valence-electron chi connectivity index (χ0n) is 17.1. The number of nitrogens with zero attached hydrogens (tertiary/aromatic N) is 1. The average molecular weight is 378 g/mol. The van der Waals surface area contributed by atoms with Crippen LogP contribution in [0.3, 0.4) is 0 Å². The number of aliphatic hydroxyl groups is 1. The molecule has 0 bridgehead atoms. The summed E-state index contributed by atoms with van der Waals surface area (Å²) in [5, 5.41) is 15.9. The Bertz CT molecular complexity index is 596. The highest BCUT2D eigenvalue weighted by Crippen LogP contribution is 2.29. The minimum atomic E-state index is -0.0225. The van der Waals surface area contributed by atoms with Gasteiger partial charge in [0.05, 0.1) is 20.3 Å². The number of aliphatic hydroxyl groups excluding tert-OH is 1. The van der Waals surface area contributed by atoms with Crippen LogP contribution in [0.2, 0.25) is 0 Å². The molecule has 0 saturated heterocycles. The summed E-state index contributed by atoms with van der Waals surface area (Å²) in [7, 11) is 1.62. The van der Waals surface area contributed by atoms with Crippen LogP contribution in [0.15, 0.2) is 23.2 Å². The van der Waals surface area contributed by atoms with Gasteiger partial charge < -0.3 is 25.2 Å². The summed E-state index contributed by atoms with van der Waals surface area (Å²) in [6, 6.07) is 6.26. The number of hydrogen-bond donors (Lipinski definition) is 3. The number of guanidine groups is 1. The molecule has 0 radical (unpaired) electrons. The molecule has 1 saturated carbocycles. The van der Waals surface area contributed by atoms with Gasteiger partial charge in [-0.25, -0.2) is 4.99 Å². The molecule has 3 N–H and O–H groups in total. The third-order valence-corrected chi connectivity index (χ3v) is 4.86. The molecule has 2 unspecified atom stereocenters. The Morgan fingerprint density at radius 1 is 1.19 bits per heavy atom. The van der Waals surface area contributed by atoms with E-state index in [2.05, 4.69) is 31.4 Å². The van der Waals surface area contributed by atoms with Crippen molar-refractivity contribution in [1.29, 1.82) is 0 Å². The third-order valence-electron chi connectivity index (χ3n) is 4.86. The molecule has 2 atom stereocenters. The Labute approximate surface area is 163 Å². The van der Waals surface area contributed by atoms with Gasteiger partial charge >= 0.3 is 0 Å². The maximum absolute atomic E-state index is 8.91. The van der Waals surface area contributed by atoms with Crippen LogP contribution in [-0.2, 0) is 6.54 Å². The van der Waals surface area contributed by atoms with Crippen LogP contribution in [0.5, 0.6) is 11.5 Å². The highest BCUT2D eigenvalue weighted by atomic mass is 16.5. The molecule has 6 heteroatoms. The second kappa shape index (κ2) is 11.0. The van der Waals surface area contributed by atoms with E-state index < -0.39 is 0 Å². The van der Waals surface area contributed by atoms with E-state index in [0.717, 1.165) is 29.9 Å². The molecule has 6 nitrogen and oxygen atoms in total. The van der Waals surface area contributed by atoms with Crippen LogP contribution >= 0.6 is 0 Å². The van der Waals surface area contributed by atoms with Gasteiger partial charge in [0, 0.05) is 12.6 Å². The Balaban J connectivity index is 2.03. The van der Waals surface area contributed by atoms with E-state index in [1.807, 2.05) is 18.2 Å². The Hall–Kier alpha value is -1.95. The summed E-state index contributed by atoms with van der Waals surface area (Å²) >= 11 is 0. The van der Waals surface area contributed by atoms with Crippen molar-refractivity contribution in [2.45, 2.75) is 52.6 Å². The van der Waals surface area contributed by atoms with Crippen LogP contribution in [0.1, 0.15) is 45.6 Å². The first-order valence-corrected chi connectivity index (χ1v) is 10.0. The summed E-state index contributed by atoms with van der Waals surface area (Å²) in [5.74, 6) is 3.66. The monoisotopic (exact) mass is 377 g/mol. The summed E-state index contributed by atoms with van der Waals surface area (Å²) in [5.41, 5.74) is 1.05. The molecule has 1 aromatic rings. The van der Waals surface area contributed by atoms with Gasteiger partial charge in [-0.15, -0.1) is 0 Å². The quantitative estimate of drug-likeness (QED) is 0.480. The number of ether oxygens (including phenoxy) is 2. The lowest BCUT2D eigenvalue weighted by Gasteiger charge is -2.32. The normalized spacial score (nSPS) is 23.0. The molecule has 1 aliphatic rings. The van der Waals surface area contributed by atoms with Gasteiger partial charge in [0.1, 0.15) is 6.61 Å². The van der Waals surface area contributed by atoms with Crippen molar-refractivity contribution in [3.8, 4) is 11.5 Å². The van der Waals surface area contributed by atoms with Crippen molar-refractivity contribution in [3.05, 3.63) is 23.8 Å². The predicted octanol–water partition coefficient (Wildman–Crippen LogP) is 2.95. The molecular weight excluding hydrogens is 342 g/mol. The molecule has 152 valence electrons. The molecule has 27 heavy (non-hydrogen) atoms. The van der Waals surface area contributed by atoms with Gasteiger partial charge in [0.25, 0.3) is 0 Å². The van der Waals surface area contributed by atoms with Crippen molar-refractivity contribution >= 4 is 5.96 Å². The molecular formula is C21H35N3O3. The van der Waals surface area contributed by atoms with Crippen LogP contribution in [0.4, 0.5) is 0 Å². The van der Waals surface area contributed by atoms with E-state index in [-0.39, 0.29) is 13.2 Å². The van der Waals surface area contributed by atoms with Crippen molar-refractivity contribution in [3.63, 3.8) is 0 Å². The maximum Gasteiger partial charge on any atom is 0.191 e. The first-order chi connectivity index (χ1) is 13.0. The lowest BCUT2D eigenvalue weighted by molar-refractivity contribution is 0.196. The SMILES string of the molecule is CCNC(=NCc1ccc(OCCO)c(OC)c1)NC1CC(C)CC(C)C1. The average Bonchev–Trinajstić information content (AvgIpc) is 2.64. The maximum atomic E-state index is 8.91. The predicted molar refractivity (Wildman–Crippen MR) is 109 cm³/mol. The fourth-order valence-electron chi connectivity index (χ4n) is 3.83. The van der Waals surface area contributed by atoms with E-state index in [1.54, 1.807) is 7.11 Å². The number of benzene rings is 1. The Kier molecular flexibility index (Phi) is 8.72. The number of nitrogens with one attached hydrogen (secondary N) is 2. The van der Waals surface area contributed by atoms with Crippen molar-refractivity contribution in [2.75, 3.05) is 26.9 Å². The zero-order chi connectivity index (χ0) is 19.6. The largest absolute Gasteiger partial charge is 0.493 e. The van der Waals surface area contributed by atoms with Crippen molar-refractivity contribution < 1.29 is 14.6 Å². The van der Waals surface area contributed by atoms with Gasteiger partial charge in [0.2, 0.25) is 0 Å². The van der Waals surface area contributed by atoms with Gasteiger partial charge in [0.15, 0.2) is 17.5 Å². The van der Waals surface area contributed by atoms with Gasteiger partial charge in [-0.2, -0.15) is 0 Å². The minimum Gasteiger partial charge on any atom is -0.493 e. The third kappa shape index (κ3) is 6.94. The molecule has 1 aliphatic carbocycles. The van der Waals surface area contributed by atoms with E-state index >= 15 is 0 Å². The van der Waals surface area contributed by atoms with Gasteiger partial charge in [-0.1, -0.05) is 19.9 Å². The van der Waals surface area contributed by atoms with Gasteiger partial charge in [-0.3, -0.25) is 0 Å². The lowest BCUT2D eigenvalue weighted by Crippen LogP contribution is -2.46. The summed E-state index contributed by atoms with van der Waals surface area (Å²) < 4.78 is 10.9. The van der Waals surface area contributed by atoms with Gasteiger partial charge in [-0.05, 0) is 55.7 Å². The summed E-state index contributed by atoms with van der Waals surface area (Å²) in [6.45, 7) is 8.37. The van der Waals surface area contributed by atoms with Crippen LogP contribution < -0.4 is 20.1 Å². The fourth-order valence-corrected chi connectivity index (χ4v) is 3.83. The van der Waals surface area contributed by atoms with E-state index in [4.69, 9.17) is 19.6 Å². The fraction of sp³-hybridized carbons (Fsp3) is 0.667. The van der Waals surface area contributed by atoms with E-state index in [9.17, 15) is 0 Å². The molecule has 0 aliphatic heterocycles.